The predicted octanol–water partition coefficient (Wildman–Crippen LogP) is 3.21. The molecule has 2 fully saturated rings. The molecule has 0 atom stereocenters. The van der Waals surface area contributed by atoms with Gasteiger partial charge < -0.3 is 0 Å². The highest BCUT2D eigenvalue weighted by Gasteiger charge is 2.32. The number of aromatic nitrogens is 1. The fraction of sp³-hybridized carbons (Fsp3) is 0.700. The third-order valence-electron chi connectivity index (χ3n) is 2.74. The molecule has 1 heterocycles. The number of thiazole rings is 1. The van der Waals surface area contributed by atoms with Crippen molar-refractivity contribution in [3.63, 3.8) is 0 Å². The van der Waals surface area contributed by atoms with E-state index < -0.39 is 0 Å². The SMILES string of the molecule is Cc1sc(C2CC2)nc1C1CC1. The average Bonchev–Trinajstić information content (AvgIpc) is 2.93. The fourth-order valence-corrected chi connectivity index (χ4v) is 2.85. The Balaban J connectivity index is 1.96. The van der Waals surface area contributed by atoms with E-state index in [-0.39, 0.29) is 0 Å². The fourth-order valence-electron chi connectivity index (χ4n) is 1.67. The summed E-state index contributed by atoms with van der Waals surface area (Å²) in [5.41, 5.74) is 1.43. The lowest BCUT2D eigenvalue weighted by Crippen LogP contribution is -1.83. The quantitative estimate of drug-likeness (QED) is 0.679. The molecule has 2 saturated carbocycles. The van der Waals surface area contributed by atoms with Gasteiger partial charge in [0, 0.05) is 16.7 Å². The van der Waals surface area contributed by atoms with Crippen molar-refractivity contribution >= 4 is 11.3 Å². The standard InChI is InChI=1S/C10H13NS/c1-6-9(7-2-3-7)11-10(12-6)8-4-5-8/h7-8H,2-5H2,1H3. The largest absolute Gasteiger partial charge is 0.245 e. The molecule has 2 aliphatic rings. The third-order valence-corrected chi connectivity index (χ3v) is 3.89. The Bertz CT molecular complexity index is 308. The number of rotatable bonds is 2. The van der Waals surface area contributed by atoms with E-state index in [1.54, 1.807) is 0 Å². The highest BCUT2D eigenvalue weighted by Crippen LogP contribution is 2.47. The lowest BCUT2D eigenvalue weighted by atomic mass is 10.3. The average molecular weight is 179 g/mol. The zero-order valence-electron chi connectivity index (χ0n) is 7.34. The lowest BCUT2D eigenvalue weighted by molar-refractivity contribution is 0.978. The second-order valence-electron chi connectivity index (χ2n) is 4.04. The molecule has 0 aromatic carbocycles. The molecule has 1 nitrogen and oxygen atoms in total. The molecule has 0 radical (unpaired) electrons. The van der Waals surface area contributed by atoms with E-state index in [2.05, 4.69) is 6.92 Å². The molecule has 0 bridgehead atoms. The van der Waals surface area contributed by atoms with E-state index in [9.17, 15) is 0 Å². The van der Waals surface area contributed by atoms with Crippen molar-refractivity contribution in [2.24, 2.45) is 0 Å². The summed E-state index contributed by atoms with van der Waals surface area (Å²) >= 11 is 1.94. The molecular weight excluding hydrogens is 166 g/mol. The van der Waals surface area contributed by atoms with Crippen LogP contribution in [0.15, 0.2) is 0 Å². The molecule has 0 spiro atoms. The van der Waals surface area contributed by atoms with Crippen LogP contribution in [0.2, 0.25) is 0 Å². The molecule has 2 heteroatoms. The van der Waals surface area contributed by atoms with Gasteiger partial charge in [-0.2, -0.15) is 0 Å². The van der Waals surface area contributed by atoms with Crippen LogP contribution < -0.4 is 0 Å². The van der Waals surface area contributed by atoms with Crippen LogP contribution in [0.5, 0.6) is 0 Å². The van der Waals surface area contributed by atoms with Gasteiger partial charge in [-0.25, -0.2) is 4.98 Å². The summed E-state index contributed by atoms with van der Waals surface area (Å²) in [6.07, 6.45) is 5.54. The van der Waals surface area contributed by atoms with Crippen molar-refractivity contribution < 1.29 is 0 Å². The number of nitrogens with zero attached hydrogens (tertiary/aromatic N) is 1. The van der Waals surface area contributed by atoms with Gasteiger partial charge in [0.05, 0.1) is 10.7 Å². The topological polar surface area (TPSA) is 12.9 Å². The first kappa shape index (κ1) is 7.07. The Morgan fingerprint density at radius 2 is 1.83 bits per heavy atom. The highest BCUT2D eigenvalue weighted by atomic mass is 32.1. The summed E-state index contributed by atoms with van der Waals surface area (Å²) in [7, 11) is 0. The Morgan fingerprint density at radius 3 is 2.42 bits per heavy atom. The second kappa shape index (κ2) is 2.32. The van der Waals surface area contributed by atoms with Gasteiger partial charge in [-0.1, -0.05) is 0 Å². The smallest absolute Gasteiger partial charge is 0.0962 e. The van der Waals surface area contributed by atoms with E-state index in [0.717, 1.165) is 11.8 Å². The Morgan fingerprint density at radius 1 is 1.17 bits per heavy atom. The summed E-state index contributed by atoms with van der Waals surface area (Å²) < 4.78 is 0. The lowest BCUT2D eigenvalue weighted by Gasteiger charge is -1.89. The van der Waals surface area contributed by atoms with Crippen molar-refractivity contribution in [1.29, 1.82) is 0 Å². The van der Waals surface area contributed by atoms with Crippen molar-refractivity contribution in [1.82, 2.24) is 4.98 Å². The van der Waals surface area contributed by atoms with E-state index in [1.165, 1.54) is 41.3 Å². The summed E-state index contributed by atoms with van der Waals surface area (Å²) in [6, 6.07) is 0. The van der Waals surface area contributed by atoms with Crippen LogP contribution in [0.4, 0.5) is 0 Å². The molecule has 0 N–H and O–H groups in total. The minimum Gasteiger partial charge on any atom is -0.245 e. The Hall–Kier alpha value is -0.370. The summed E-state index contributed by atoms with van der Waals surface area (Å²) in [6.45, 7) is 2.23. The Labute approximate surface area is 76.8 Å². The van der Waals surface area contributed by atoms with E-state index in [0.29, 0.717) is 0 Å². The predicted molar refractivity (Wildman–Crippen MR) is 50.8 cm³/mol. The van der Waals surface area contributed by atoms with Gasteiger partial charge >= 0.3 is 0 Å². The first-order chi connectivity index (χ1) is 5.84. The zero-order valence-corrected chi connectivity index (χ0v) is 8.16. The van der Waals surface area contributed by atoms with Crippen LogP contribution >= 0.6 is 11.3 Å². The van der Waals surface area contributed by atoms with Gasteiger partial charge in [0.25, 0.3) is 0 Å². The minimum absolute atomic E-state index is 0.841. The summed E-state index contributed by atoms with van der Waals surface area (Å²) in [5, 5.41) is 1.43. The molecule has 0 aliphatic heterocycles. The van der Waals surface area contributed by atoms with Gasteiger partial charge in [0.1, 0.15) is 0 Å². The third kappa shape index (κ3) is 1.09. The Kier molecular flexibility index (Phi) is 1.37. The van der Waals surface area contributed by atoms with Crippen molar-refractivity contribution in [2.75, 3.05) is 0 Å². The van der Waals surface area contributed by atoms with Crippen LogP contribution in [0.3, 0.4) is 0 Å². The molecule has 3 rings (SSSR count). The molecule has 2 aliphatic carbocycles. The van der Waals surface area contributed by atoms with Crippen LogP contribution in [0.1, 0.15) is 53.1 Å². The molecule has 0 amide bonds. The molecule has 0 saturated heterocycles. The monoisotopic (exact) mass is 179 g/mol. The molecule has 1 aromatic rings. The van der Waals surface area contributed by atoms with Crippen LogP contribution in [-0.2, 0) is 0 Å². The van der Waals surface area contributed by atoms with Gasteiger partial charge in [-0.15, -0.1) is 11.3 Å². The minimum atomic E-state index is 0.841. The van der Waals surface area contributed by atoms with E-state index >= 15 is 0 Å². The maximum atomic E-state index is 4.75. The van der Waals surface area contributed by atoms with Crippen molar-refractivity contribution in [2.45, 2.75) is 44.4 Å². The van der Waals surface area contributed by atoms with Gasteiger partial charge in [0.15, 0.2) is 0 Å². The molecule has 64 valence electrons. The number of hydrogen-bond donors (Lipinski definition) is 0. The van der Waals surface area contributed by atoms with Gasteiger partial charge in [-0.05, 0) is 32.6 Å². The first-order valence-electron chi connectivity index (χ1n) is 4.82. The van der Waals surface area contributed by atoms with E-state index in [1.807, 2.05) is 11.3 Å². The number of hydrogen-bond acceptors (Lipinski definition) is 2. The van der Waals surface area contributed by atoms with Gasteiger partial charge in [0.2, 0.25) is 0 Å². The van der Waals surface area contributed by atoms with Crippen LogP contribution in [0.25, 0.3) is 0 Å². The van der Waals surface area contributed by atoms with Crippen molar-refractivity contribution in [3.05, 3.63) is 15.6 Å². The van der Waals surface area contributed by atoms with E-state index in [4.69, 9.17) is 4.98 Å². The molecule has 1 aromatic heterocycles. The molecule has 12 heavy (non-hydrogen) atoms. The first-order valence-corrected chi connectivity index (χ1v) is 5.63. The second-order valence-corrected chi connectivity index (χ2v) is 5.28. The maximum Gasteiger partial charge on any atom is 0.0962 e. The highest BCUT2D eigenvalue weighted by molar-refractivity contribution is 7.11. The maximum absolute atomic E-state index is 4.75. The summed E-state index contributed by atoms with van der Waals surface area (Å²) in [4.78, 5) is 6.24. The van der Waals surface area contributed by atoms with Crippen molar-refractivity contribution in [3.8, 4) is 0 Å². The normalized spacial score (nSPS) is 23.1. The zero-order chi connectivity index (χ0) is 8.13. The van der Waals surface area contributed by atoms with Crippen LogP contribution in [0, 0.1) is 6.92 Å². The molecular formula is C10H13NS. The molecule has 0 unspecified atom stereocenters. The van der Waals surface area contributed by atoms with Crippen LogP contribution in [-0.4, -0.2) is 4.98 Å². The number of aryl methyl sites for hydroxylation is 1. The van der Waals surface area contributed by atoms with Gasteiger partial charge in [-0.3, -0.25) is 0 Å². The summed E-state index contributed by atoms with van der Waals surface area (Å²) in [5.74, 6) is 1.69.